The average Bonchev–Trinajstić information content (AvgIpc) is 2.82. The highest BCUT2D eigenvalue weighted by molar-refractivity contribution is 7.98. The average molecular weight is 371 g/mol. The summed E-state index contributed by atoms with van der Waals surface area (Å²) >= 11 is 1.68. The third-order valence-electron chi connectivity index (χ3n) is 4.18. The summed E-state index contributed by atoms with van der Waals surface area (Å²) in [5.41, 5.74) is 0.998. The summed E-state index contributed by atoms with van der Waals surface area (Å²) in [6, 6.07) is 8.02. The molecule has 1 aliphatic heterocycles. The number of carbonyl (C=O) groups is 1. The van der Waals surface area contributed by atoms with E-state index in [1.165, 1.54) is 9.20 Å². The van der Waals surface area contributed by atoms with Crippen molar-refractivity contribution in [2.75, 3.05) is 38.2 Å². The molecule has 0 radical (unpaired) electrons. The molecule has 0 aliphatic carbocycles. The third kappa shape index (κ3) is 5.22. The van der Waals surface area contributed by atoms with Crippen LogP contribution in [-0.2, 0) is 21.2 Å². The lowest BCUT2D eigenvalue weighted by Crippen LogP contribution is -2.38. The van der Waals surface area contributed by atoms with Gasteiger partial charge in [-0.15, -0.1) is 11.8 Å². The zero-order chi connectivity index (χ0) is 17.6. The first kappa shape index (κ1) is 19.3. The van der Waals surface area contributed by atoms with Crippen molar-refractivity contribution in [3.8, 4) is 0 Å². The van der Waals surface area contributed by atoms with Gasteiger partial charge in [-0.05, 0) is 36.8 Å². The fourth-order valence-electron chi connectivity index (χ4n) is 2.84. The molecule has 0 bridgehead atoms. The standard InChI is InChI=1S/C17H26N2O3S2/c1-3-13-24(21,22)19-10-4-9-18(11-12-19)17(20)14-15-5-7-16(23-2)8-6-15/h5-8H,3-4,9-14H2,1-2H3. The van der Waals surface area contributed by atoms with Gasteiger partial charge in [0, 0.05) is 31.1 Å². The molecule has 0 unspecified atom stereocenters. The van der Waals surface area contributed by atoms with Crippen molar-refractivity contribution >= 4 is 27.7 Å². The van der Waals surface area contributed by atoms with Gasteiger partial charge in [0.05, 0.1) is 12.2 Å². The van der Waals surface area contributed by atoms with Gasteiger partial charge in [0.25, 0.3) is 0 Å². The molecule has 1 aromatic carbocycles. The van der Waals surface area contributed by atoms with Gasteiger partial charge in [0.15, 0.2) is 0 Å². The van der Waals surface area contributed by atoms with Crippen LogP contribution in [0.4, 0.5) is 0 Å². The minimum absolute atomic E-state index is 0.0710. The van der Waals surface area contributed by atoms with Crippen LogP contribution < -0.4 is 0 Å². The third-order valence-corrected chi connectivity index (χ3v) is 7.00. The summed E-state index contributed by atoms with van der Waals surface area (Å²) in [6.45, 7) is 3.88. The van der Waals surface area contributed by atoms with Gasteiger partial charge >= 0.3 is 0 Å². The Morgan fingerprint density at radius 2 is 1.83 bits per heavy atom. The number of rotatable bonds is 6. The molecule has 1 saturated heterocycles. The Balaban J connectivity index is 1.93. The van der Waals surface area contributed by atoms with Gasteiger partial charge in [-0.25, -0.2) is 12.7 Å². The molecule has 0 N–H and O–H groups in total. The van der Waals surface area contributed by atoms with Crippen LogP contribution in [0.5, 0.6) is 0 Å². The molecule has 0 saturated carbocycles. The Labute approximate surface area is 149 Å². The van der Waals surface area contributed by atoms with Gasteiger partial charge < -0.3 is 4.90 Å². The maximum absolute atomic E-state index is 12.5. The van der Waals surface area contributed by atoms with E-state index in [1.807, 2.05) is 37.4 Å². The maximum atomic E-state index is 12.5. The van der Waals surface area contributed by atoms with Crippen molar-refractivity contribution in [1.82, 2.24) is 9.21 Å². The Kier molecular flexibility index (Phi) is 7.13. The summed E-state index contributed by atoms with van der Waals surface area (Å²) in [4.78, 5) is 15.5. The fraction of sp³-hybridized carbons (Fsp3) is 0.588. The number of thioether (sulfide) groups is 1. The monoisotopic (exact) mass is 370 g/mol. The van der Waals surface area contributed by atoms with Gasteiger partial charge in [-0.2, -0.15) is 0 Å². The van der Waals surface area contributed by atoms with E-state index in [-0.39, 0.29) is 11.7 Å². The molecule has 0 spiro atoms. The number of nitrogens with zero attached hydrogens (tertiary/aromatic N) is 2. The predicted octanol–water partition coefficient (Wildman–Crippen LogP) is 2.23. The van der Waals surface area contributed by atoms with Gasteiger partial charge in [-0.1, -0.05) is 19.1 Å². The van der Waals surface area contributed by atoms with E-state index in [0.29, 0.717) is 45.4 Å². The molecular formula is C17H26N2O3S2. The molecule has 5 nitrogen and oxygen atoms in total. The van der Waals surface area contributed by atoms with Gasteiger partial charge in [0.2, 0.25) is 15.9 Å². The Bertz CT molecular complexity index is 644. The first-order valence-corrected chi connectivity index (χ1v) is 11.2. The second-order valence-corrected chi connectivity index (χ2v) is 8.94. The van der Waals surface area contributed by atoms with Crippen molar-refractivity contribution in [2.24, 2.45) is 0 Å². The lowest BCUT2D eigenvalue weighted by atomic mass is 10.1. The normalized spacial score (nSPS) is 16.8. The van der Waals surface area contributed by atoms with Crippen LogP contribution in [0.2, 0.25) is 0 Å². The second kappa shape index (κ2) is 8.87. The molecule has 1 amide bonds. The predicted molar refractivity (Wildman–Crippen MR) is 98.8 cm³/mol. The summed E-state index contributed by atoms with van der Waals surface area (Å²) < 4.78 is 25.9. The van der Waals surface area contributed by atoms with Crippen LogP contribution in [0, 0.1) is 0 Å². The van der Waals surface area contributed by atoms with Crippen molar-refractivity contribution < 1.29 is 13.2 Å². The number of carbonyl (C=O) groups excluding carboxylic acids is 1. The second-order valence-electron chi connectivity index (χ2n) is 5.97. The van der Waals surface area contributed by atoms with Crippen LogP contribution >= 0.6 is 11.8 Å². The van der Waals surface area contributed by atoms with E-state index in [1.54, 1.807) is 16.7 Å². The summed E-state index contributed by atoms with van der Waals surface area (Å²) in [5.74, 6) is 0.254. The first-order valence-electron chi connectivity index (χ1n) is 8.35. The van der Waals surface area contributed by atoms with E-state index in [9.17, 15) is 13.2 Å². The van der Waals surface area contributed by atoms with Crippen LogP contribution in [-0.4, -0.2) is 61.7 Å². The van der Waals surface area contributed by atoms with Crippen LogP contribution in [0.1, 0.15) is 25.3 Å². The lowest BCUT2D eigenvalue weighted by molar-refractivity contribution is -0.130. The van der Waals surface area contributed by atoms with Gasteiger partial charge in [0.1, 0.15) is 0 Å². The molecular weight excluding hydrogens is 344 g/mol. The van der Waals surface area contributed by atoms with Crippen molar-refractivity contribution in [3.05, 3.63) is 29.8 Å². The van der Waals surface area contributed by atoms with Crippen LogP contribution in [0.25, 0.3) is 0 Å². The molecule has 1 aliphatic rings. The Morgan fingerprint density at radius 3 is 2.46 bits per heavy atom. The smallest absolute Gasteiger partial charge is 0.227 e. The molecule has 1 aromatic rings. The van der Waals surface area contributed by atoms with E-state index in [0.717, 1.165) is 5.56 Å². The van der Waals surface area contributed by atoms with Crippen LogP contribution in [0.15, 0.2) is 29.2 Å². The molecule has 0 aromatic heterocycles. The highest BCUT2D eigenvalue weighted by atomic mass is 32.2. The maximum Gasteiger partial charge on any atom is 0.227 e. The highest BCUT2D eigenvalue weighted by Gasteiger charge is 2.26. The summed E-state index contributed by atoms with van der Waals surface area (Å²) in [5, 5.41) is 0. The Morgan fingerprint density at radius 1 is 1.12 bits per heavy atom. The molecule has 7 heteroatoms. The summed E-state index contributed by atoms with van der Waals surface area (Å²) in [7, 11) is -3.18. The zero-order valence-corrected chi connectivity index (χ0v) is 16.0. The molecule has 1 fully saturated rings. The fourth-order valence-corrected chi connectivity index (χ4v) is 4.79. The molecule has 0 atom stereocenters. The van der Waals surface area contributed by atoms with Crippen LogP contribution in [0.3, 0.4) is 0 Å². The number of amides is 1. The lowest BCUT2D eigenvalue weighted by Gasteiger charge is -2.22. The summed E-state index contributed by atoms with van der Waals surface area (Å²) in [6.07, 6.45) is 3.71. The minimum atomic E-state index is -3.18. The zero-order valence-electron chi connectivity index (χ0n) is 14.4. The first-order chi connectivity index (χ1) is 11.5. The highest BCUT2D eigenvalue weighted by Crippen LogP contribution is 2.16. The molecule has 134 valence electrons. The van der Waals surface area contributed by atoms with Crippen molar-refractivity contribution in [1.29, 1.82) is 0 Å². The number of hydrogen-bond acceptors (Lipinski definition) is 4. The van der Waals surface area contributed by atoms with E-state index < -0.39 is 10.0 Å². The molecule has 24 heavy (non-hydrogen) atoms. The topological polar surface area (TPSA) is 57.7 Å². The quantitative estimate of drug-likeness (QED) is 0.721. The van der Waals surface area contributed by atoms with E-state index >= 15 is 0 Å². The van der Waals surface area contributed by atoms with E-state index in [2.05, 4.69) is 0 Å². The SMILES string of the molecule is CCCS(=O)(=O)N1CCCN(C(=O)Cc2ccc(SC)cc2)CC1. The van der Waals surface area contributed by atoms with Crippen molar-refractivity contribution in [3.63, 3.8) is 0 Å². The number of benzene rings is 1. The van der Waals surface area contributed by atoms with Crippen molar-refractivity contribution in [2.45, 2.75) is 31.1 Å². The molecule has 2 rings (SSSR count). The van der Waals surface area contributed by atoms with E-state index in [4.69, 9.17) is 0 Å². The molecule has 1 heterocycles. The van der Waals surface area contributed by atoms with Gasteiger partial charge in [-0.3, -0.25) is 4.79 Å². The largest absolute Gasteiger partial charge is 0.341 e. The Hall–Kier alpha value is -1.05. The number of sulfonamides is 1. The number of hydrogen-bond donors (Lipinski definition) is 0. The minimum Gasteiger partial charge on any atom is -0.341 e.